The van der Waals surface area contributed by atoms with Gasteiger partial charge < -0.3 is 20.4 Å². The number of nitrogens with one attached hydrogen (secondary N) is 1. The highest BCUT2D eigenvalue weighted by Gasteiger charge is 2.14. The maximum atomic E-state index is 11.8. The van der Waals surface area contributed by atoms with Crippen molar-refractivity contribution in [1.82, 2.24) is 10.2 Å². The predicted octanol–water partition coefficient (Wildman–Crippen LogP) is 0.778. The number of carbonyl (C=O) groups is 1. The van der Waals surface area contributed by atoms with Crippen LogP contribution in [0, 0.1) is 0 Å². The van der Waals surface area contributed by atoms with E-state index in [2.05, 4.69) is 5.32 Å². The minimum Gasteiger partial charge on any atom is -0.508 e. The van der Waals surface area contributed by atoms with Crippen molar-refractivity contribution < 1.29 is 15.0 Å². The lowest BCUT2D eigenvalue weighted by atomic mass is 10.1. The van der Waals surface area contributed by atoms with E-state index in [1.54, 1.807) is 0 Å². The van der Waals surface area contributed by atoms with Gasteiger partial charge in [0.25, 0.3) is 5.91 Å². The molecule has 1 unspecified atom stereocenters. The molecule has 3 N–H and O–H groups in total. The number of phenols is 2. The zero-order valence-corrected chi connectivity index (χ0v) is 10.3. The zero-order valence-electron chi connectivity index (χ0n) is 10.3. The van der Waals surface area contributed by atoms with Gasteiger partial charge in [-0.25, -0.2) is 0 Å². The molecule has 0 aliphatic heterocycles. The van der Waals surface area contributed by atoms with Crippen molar-refractivity contribution in [2.45, 2.75) is 13.0 Å². The van der Waals surface area contributed by atoms with Crippen molar-refractivity contribution in [1.29, 1.82) is 0 Å². The van der Waals surface area contributed by atoms with Gasteiger partial charge in [-0.05, 0) is 39.2 Å². The molecule has 5 heteroatoms. The molecule has 1 amide bonds. The summed E-state index contributed by atoms with van der Waals surface area (Å²) >= 11 is 0. The van der Waals surface area contributed by atoms with E-state index >= 15 is 0 Å². The van der Waals surface area contributed by atoms with E-state index in [-0.39, 0.29) is 23.1 Å². The van der Waals surface area contributed by atoms with Gasteiger partial charge in [-0.1, -0.05) is 0 Å². The quantitative estimate of drug-likeness (QED) is 0.678. The fraction of sp³-hybridized carbons (Fsp3) is 0.417. The third kappa shape index (κ3) is 3.96. The molecular weight excluding hydrogens is 220 g/mol. The van der Waals surface area contributed by atoms with Crippen molar-refractivity contribution in [2.75, 3.05) is 20.6 Å². The second-order valence-electron chi connectivity index (χ2n) is 4.34. The Kier molecular flexibility index (Phi) is 4.34. The maximum absolute atomic E-state index is 11.8. The van der Waals surface area contributed by atoms with Gasteiger partial charge in [0.15, 0.2) is 0 Å². The fourth-order valence-electron chi connectivity index (χ4n) is 1.60. The van der Waals surface area contributed by atoms with E-state index in [4.69, 9.17) is 0 Å². The first kappa shape index (κ1) is 13.3. The first-order chi connectivity index (χ1) is 7.90. The van der Waals surface area contributed by atoms with Crippen LogP contribution in [0.25, 0.3) is 0 Å². The predicted molar refractivity (Wildman–Crippen MR) is 65.3 cm³/mol. The largest absolute Gasteiger partial charge is 0.508 e. The van der Waals surface area contributed by atoms with Crippen LogP contribution in [0.15, 0.2) is 18.2 Å². The number of benzene rings is 1. The van der Waals surface area contributed by atoms with Gasteiger partial charge in [0, 0.05) is 12.6 Å². The lowest BCUT2D eigenvalue weighted by molar-refractivity contribution is 0.0931. The topological polar surface area (TPSA) is 72.8 Å². The van der Waals surface area contributed by atoms with Crippen molar-refractivity contribution in [3.05, 3.63) is 23.8 Å². The van der Waals surface area contributed by atoms with Crippen molar-refractivity contribution >= 4 is 5.91 Å². The molecule has 1 atom stereocenters. The number of likely N-dealkylation sites (N-methyl/N-ethyl adjacent to an activating group) is 1. The molecule has 0 radical (unpaired) electrons. The molecule has 0 heterocycles. The van der Waals surface area contributed by atoms with Gasteiger partial charge in [-0.15, -0.1) is 0 Å². The summed E-state index contributed by atoms with van der Waals surface area (Å²) in [5.74, 6) is -0.585. The normalized spacial score (nSPS) is 12.5. The lowest BCUT2D eigenvalue weighted by Gasteiger charge is -2.18. The second-order valence-corrected chi connectivity index (χ2v) is 4.34. The number of aromatic hydroxyl groups is 2. The number of phenolic OH excluding ortho intramolecular Hbond substituents is 2. The van der Waals surface area contributed by atoms with Crippen LogP contribution in [0.5, 0.6) is 11.5 Å². The molecule has 0 saturated heterocycles. The van der Waals surface area contributed by atoms with E-state index in [0.717, 1.165) is 0 Å². The van der Waals surface area contributed by atoms with Crippen molar-refractivity contribution in [3.63, 3.8) is 0 Å². The Morgan fingerprint density at radius 2 is 2.06 bits per heavy atom. The molecule has 1 rings (SSSR count). The van der Waals surface area contributed by atoms with Gasteiger partial charge in [0.05, 0.1) is 5.56 Å². The van der Waals surface area contributed by atoms with Crippen LogP contribution in [0.1, 0.15) is 17.3 Å². The summed E-state index contributed by atoms with van der Waals surface area (Å²) < 4.78 is 0. The highest BCUT2D eigenvalue weighted by Crippen LogP contribution is 2.21. The Hall–Kier alpha value is -1.75. The first-order valence-electron chi connectivity index (χ1n) is 5.37. The highest BCUT2D eigenvalue weighted by molar-refractivity contribution is 5.97. The Balaban J connectivity index is 2.73. The lowest BCUT2D eigenvalue weighted by Crippen LogP contribution is -2.39. The highest BCUT2D eigenvalue weighted by atomic mass is 16.3. The molecule has 94 valence electrons. The molecule has 0 saturated carbocycles. The number of nitrogens with zero attached hydrogens (tertiary/aromatic N) is 1. The minimum atomic E-state index is -0.396. The zero-order chi connectivity index (χ0) is 13.0. The second kappa shape index (κ2) is 5.54. The smallest absolute Gasteiger partial charge is 0.255 e. The Labute approximate surface area is 101 Å². The molecule has 0 spiro atoms. The molecule has 0 bridgehead atoms. The first-order valence-corrected chi connectivity index (χ1v) is 5.37. The van der Waals surface area contributed by atoms with E-state index in [1.807, 2.05) is 25.9 Å². The Morgan fingerprint density at radius 1 is 1.41 bits per heavy atom. The number of rotatable bonds is 4. The molecule has 5 nitrogen and oxygen atoms in total. The molecule has 0 aromatic heterocycles. The van der Waals surface area contributed by atoms with Crippen LogP contribution in [0.4, 0.5) is 0 Å². The monoisotopic (exact) mass is 238 g/mol. The number of hydrogen-bond donors (Lipinski definition) is 3. The van der Waals surface area contributed by atoms with Gasteiger partial charge in [-0.2, -0.15) is 0 Å². The third-order valence-corrected chi connectivity index (χ3v) is 2.24. The Morgan fingerprint density at radius 3 is 2.65 bits per heavy atom. The molecule has 1 aromatic carbocycles. The van der Waals surface area contributed by atoms with Crippen LogP contribution >= 0.6 is 0 Å². The summed E-state index contributed by atoms with van der Waals surface area (Å²) in [6.07, 6.45) is 0. The summed E-state index contributed by atoms with van der Waals surface area (Å²) in [5, 5.41) is 21.5. The molecule has 0 aliphatic rings. The van der Waals surface area contributed by atoms with Gasteiger partial charge in [0.1, 0.15) is 11.5 Å². The van der Waals surface area contributed by atoms with Crippen LogP contribution < -0.4 is 5.32 Å². The summed E-state index contributed by atoms with van der Waals surface area (Å²) in [7, 11) is 3.82. The van der Waals surface area contributed by atoms with Gasteiger partial charge in [0.2, 0.25) is 0 Å². The van der Waals surface area contributed by atoms with Crippen LogP contribution in [0.2, 0.25) is 0 Å². The number of carbonyl (C=O) groups excluding carboxylic acids is 1. The SMILES string of the molecule is CC(CN(C)C)NC(=O)c1cc(O)ccc1O. The van der Waals surface area contributed by atoms with Crippen molar-refractivity contribution in [3.8, 4) is 11.5 Å². The molecule has 17 heavy (non-hydrogen) atoms. The van der Waals surface area contributed by atoms with Crippen LogP contribution in [-0.2, 0) is 0 Å². The van der Waals surface area contributed by atoms with E-state index in [1.165, 1.54) is 18.2 Å². The Bertz CT molecular complexity index is 405. The maximum Gasteiger partial charge on any atom is 0.255 e. The third-order valence-electron chi connectivity index (χ3n) is 2.24. The van der Waals surface area contributed by atoms with E-state index < -0.39 is 5.91 Å². The average molecular weight is 238 g/mol. The fourth-order valence-corrected chi connectivity index (χ4v) is 1.60. The number of hydrogen-bond acceptors (Lipinski definition) is 4. The summed E-state index contributed by atoms with van der Waals surface area (Å²) in [6.45, 7) is 2.57. The molecule has 0 aliphatic carbocycles. The van der Waals surface area contributed by atoms with Gasteiger partial charge >= 0.3 is 0 Å². The summed E-state index contributed by atoms with van der Waals surface area (Å²) in [5.41, 5.74) is 0.0793. The summed E-state index contributed by atoms with van der Waals surface area (Å²) in [4.78, 5) is 13.8. The summed E-state index contributed by atoms with van der Waals surface area (Å²) in [6, 6.07) is 3.82. The van der Waals surface area contributed by atoms with Crippen LogP contribution in [0.3, 0.4) is 0 Å². The molecule has 1 aromatic rings. The molecule has 0 fully saturated rings. The van der Waals surface area contributed by atoms with Gasteiger partial charge in [-0.3, -0.25) is 4.79 Å². The van der Waals surface area contributed by atoms with E-state index in [0.29, 0.717) is 6.54 Å². The minimum absolute atomic E-state index is 0.0424. The molecular formula is C12H18N2O3. The number of amides is 1. The average Bonchev–Trinajstić information content (AvgIpc) is 2.20. The van der Waals surface area contributed by atoms with Crippen LogP contribution in [-0.4, -0.2) is 47.7 Å². The van der Waals surface area contributed by atoms with E-state index in [9.17, 15) is 15.0 Å². The van der Waals surface area contributed by atoms with Crippen molar-refractivity contribution in [2.24, 2.45) is 0 Å². The standard InChI is InChI=1S/C12H18N2O3/c1-8(7-14(2)3)13-12(17)10-6-9(15)4-5-11(10)16/h4-6,8,15-16H,7H2,1-3H3,(H,13,17).